The topological polar surface area (TPSA) is 81.8 Å². The zero-order valence-electron chi connectivity index (χ0n) is 11.1. The second-order valence-corrected chi connectivity index (χ2v) is 3.98. The molecule has 20 heavy (non-hydrogen) atoms. The number of halogens is 1. The fourth-order valence-electron chi connectivity index (χ4n) is 1.91. The SMILES string of the molecule is COc1c(F)cc(-c2cc(C(=O)O)on2)c(C)c1OC. The lowest BCUT2D eigenvalue weighted by molar-refractivity contribution is 0.0652. The molecule has 0 amide bonds. The Hall–Kier alpha value is -2.57. The summed E-state index contributed by atoms with van der Waals surface area (Å²) in [4.78, 5) is 10.8. The number of carboxylic acids is 1. The molecule has 7 heteroatoms. The lowest BCUT2D eigenvalue weighted by atomic mass is 10.0. The Morgan fingerprint density at radius 2 is 1.95 bits per heavy atom. The van der Waals surface area contributed by atoms with Gasteiger partial charge in [0.1, 0.15) is 5.69 Å². The highest BCUT2D eigenvalue weighted by Gasteiger charge is 2.21. The monoisotopic (exact) mass is 281 g/mol. The number of carboxylic acid groups (broad SMARTS) is 1. The first-order valence-electron chi connectivity index (χ1n) is 5.61. The lowest BCUT2D eigenvalue weighted by Gasteiger charge is -2.13. The molecule has 1 heterocycles. The molecule has 0 aliphatic carbocycles. The summed E-state index contributed by atoms with van der Waals surface area (Å²) in [6.07, 6.45) is 0. The average molecular weight is 281 g/mol. The number of aromatic nitrogens is 1. The van der Waals surface area contributed by atoms with E-state index in [1.807, 2.05) is 0 Å². The van der Waals surface area contributed by atoms with Crippen LogP contribution < -0.4 is 9.47 Å². The molecule has 2 aromatic rings. The number of aromatic carboxylic acids is 1. The summed E-state index contributed by atoms with van der Waals surface area (Å²) in [6, 6.07) is 2.41. The second-order valence-electron chi connectivity index (χ2n) is 3.98. The highest BCUT2D eigenvalue weighted by molar-refractivity contribution is 5.86. The van der Waals surface area contributed by atoms with E-state index in [0.29, 0.717) is 11.1 Å². The van der Waals surface area contributed by atoms with E-state index in [9.17, 15) is 9.18 Å². The summed E-state index contributed by atoms with van der Waals surface area (Å²) in [5.74, 6) is -2.00. The molecule has 0 radical (unpaired) electrons. The zero-order valence-corrected chi connectivity index (χ0v) is 11.1. The Balaban J connectivity index is 2.62. The molecule has 0 atom stereocenters. The van der Waals surface area contributed by atoms with Crippen LogP contribution >= 0.6 is 0 Å². The van der Waals surface area contributed by atoms with Crippen LogP contribution in [-0.4, -0.2) is 30.5 Å². The highest BCUT2D eigenvalue weighted by Crippen LogP contribution is 2.39. The van der Waals surface area contributed by atoms with Crippen molar-refractivity contribution in [2.45, 2.75) is 6.92 Å². The van der Waals surface area contributed by atoms with E-state index in [1.54, 1.807) is 6.92 Å². The summed E-state index contributed by atoms with van der Waals surface area (Å²) >= 11 is 0. The molecule has 0 saturated carbocycles. The van der Waals surface area contributed by atoms with Gasteiger partial charge in [0.2, 0.25) is 5.76 Å². The molecule has 1 aromatic heterocycles. The van der Waals surface area contributed by atoms with Gasteiger partial charge in [0.25, 0.3) is 0 Å². The highest BCUT2D eigenvalue weighted by atomic mass is 19.1. The summed E-state index contributed by atoms with van der Waals surface area (Å²) < 4.78 is 28.7. The van der Waals surface area contributed by atoms with Gasteiger partial charge in [0.05, 0.1) is 14.2 Å². The van der Waals surface area contributed by atoms with Crippen LogP contribution in [0.1, 0.15) is 16.1 Å². The molecule has 0 spiro atoms. The minimum Gasteiger partial charge on any atom is -0.492 e. The first-order valence-corrected chi connectivity index (χ1v) is 5.61. The molecule has 0 fully saturated rings. The molecule has 0 aliphatic heterocycles. The van der Waals surface area contributed by atoms with Crippen LogP contribution in [0.2, 0.25) is 0 Å². The molecular formula is C13H12FNO5. The molecule has 1 N–H and O–H groups in total. The third kappa shape index (κ3) is 2.18. The first kappa shape index (κ1) is 13.9. The van der Waals surface area contributed by atoms with Crippen molar-refractivity contribution in [1.82, 2.24) is 5.16 Å². The predicted molar refractivity (Wildman–Crippen MR) is 66.7 cm³/mol. The van der Waals surface area contributed by atoms with Gasteiger partial charge in [-0.15, -0.1) is 0 Å². The number of methoxy groups -OCH3 is 2. The number of ether oxygens (including phenoxy) is 2. The summed E-state index contributed by atoms with van der Waals surface area (Å²) in [6.45, 7) is 1.69. The van der Waals surface area contributed by atoms with E-state index >= 15 is 0 Å². The van der Waals surface area contributed by atoms with Crippen molar-refractivity contribution >= 4 is 5.97 Å². The van der Waals surface area contributed by atoms with E-state index in [-0.39, 0.29) is 23.0 Å². The van der Waals surface area contributed by atoms with Gasteiger partial charge >= 0.3 is 5.97 Å². The molecule has 0 unspecified atom stereocenters. The van der Waals surface area contributed by atoms with Gasteiger partial charge in [0, 0.05) is 17.2 Å². The standard InChI is InChI=1S/C13H12FNO5/c1-6-7(9-5-10(13(16)17)20-15-9)4-8(14)12(19-3)11(6)18-2/h4-5H,1-3H3,(H,16,17). The van der Waals surface area contributed by atoms with E-state index in [4.69, 9.17) is 14.6 Å². The van der Waals surface area contributed by atoms with Crippen molar-refractivity contribution in [3.05, 3.63) is 29.3 Å². The van der Waals surface area contributed by atoms with Gasteiger partial charge in [-0.05, 0) is 13.0 Å². The van der Waals surface area contributed by atoms with Crippen molar-refractivity contribution in [1.29, 1.82) is 0 Å². The maximum atomic E-state index is 13.9. The molecule has 6 nitrogen and oxygen atoms in total. The Morgan fingerprint density at radius 1 is 1.30 bits per heavy atom. The first-order chi connectivity index (χ1) is 9.49. The summed E-state index contributed by atoms with van der Waals surface area (Å²) in [5.41, 5.74) is 1.15. The van der Waals surface area contributed by atoms with E-state index in [1.165, 1.54) is 26.4 Å². The van der Waals surface area contributed by atoms with Crippen LogP contribution in [0.15, 0.2) is 16.7 Å². The maximum Gasteiger partial charge on any atom is 0.374 e. The van der Waals surface area contributed by atoms with Crippen molar-refractivity contribution in [2.24, 2.45) is 0 Å². The van der Waals surface area contributed by atoms with Crippen molar-refractivity contribution in [3.63, 3.8) is 0 Å². The van der Waals surface area contributed by atoms with Gasteiger partial charge in [-0.2, -0.15) is 0 Å². The second kappa shape index (κ2) is 5.20. The molecule has 0 saturated heterocycles. The zero-order chi connectivity index (χ0) is 14.9. The lowest BCUT2D eigenvalue weighted by Crippen LogP contribution is -1.98. The van der Waals surface area contributed by atoms with Crippen LogP contribution in [0, 0.1) is 12.7 Å². The van der Waals surface area contributed by atoms with Gasteiger partial charge in [-0.1, -0.05) is 5.16 Å². The minimum atomic E-state index is -1.25. The number of nitrogens with zero attached hydrogens (tertiary/aromatic N) is 1. The van der Waals surface area contributed by atoms with Crippen molar-refractivity contribution in [3.8, 4) is 22.8 Å². The molecule has 1 aromatic carbocycles. The van der Waals surface area contributed by atoms with Crippen LogP contribution in [0.3, 0.4) is 0 Å². The van der Waals surface area contributed by atoms with Crippen LogP contribution in [0.4, 0.5) is 4.39 Å². The quantitative estimate of drug-likeness (QED) is 0.927. The summed E-state index contributed by atoms with van der Waals surface area (Å²) in [7, 11) is 2.72. The van der Waals surface area contributed by atoms with Crippen LogP contribution in [0.5, 0.6) is 11.5 Å². The van der Waals surface area contributed by atoms with Crippen molar-refractivity contribution < 1.29 is 28.3 Å². The number of benzene rings is 1. The summed E-state index contributed by atoms with van der Waals surface area (Å²) in [5, 5.41) is 12.4. The molecule has 0 aliphatic rings. The number of hydrogen-bond donors (Lipinski definition) is 1. The van der Waals surface area contributed by atoms with Gasteiger partial charge in [0.15, 0.2) is 17.3 Å². The van der Waals surface area contributed by atoms with E-state index in [2.05, 4.69) is 9.68 Å². The average Bonchev–Trinajstić information content (AvgIpc) is 2.90. The Bertz CT molecular complexity index is 665. The fourth-order valence-corrected chi connectivity index (χ4v) is 1.91. The maximum absolute atomic E-state index is 13.9. The third-order valence-corrected chi connectivity index (χ3v) is 2.84. The van der Waals surface area contributed by atoms with E-state index in [0.717, 1.165) is 0 Å². The van der Waals surface area contributed by atoms with Gasteiger partial charge < -0.3 is 19.1 Å². The molecule has 0 bridgehead atoms. The Labute approximate surface area is 113 Å². The van der Waals surface area contributed by atoms with Crippen LogP contribution in [-0.2, 0) is 0 Å². The predicted octanol–water partition coefficient (Wildman–Crippen LogP) is 2.50. The number of rotatable bonds is 4. The van der Waals surface area contributed by atoms with E-state index < -0.39 is 11.8 Å². The van der Waals surface area contributed by atoms with Crippen LogP contribution in [0.25, 0.3) is 11.3 Å². The third-order valence-electron chi connectivity index (χ3n) is 2.84. The molecular weight excluding hydrogens is 269 g/mol. The Morgan fingerprint density at radius 3 is 2.45 bits per heavy atom. The largest absolute Gasteiger partial charge is 0.492 e. The van der Waals surface area contributed by atoms with Gasteiger partial charge in [-0.3, -0.25) is 0 Å². The van der Waals surface area contributed by atoms with Crippen molar-refractivity contribution in [2.75, 3.05) is 14.2 Å². The smallest absolute Gasteiger partial charge is 0.374 e. The minimum absolute atomic E-state index is 0.0179. The fraction of sp³-hybridized carbons (Fsp3) is 0.231. The number of hydrogen-bond acceptors (Lipinski definition) is 5. The molecule has 2 rings (SSSR count). The molecule has 106 valence electrons. The normalized spacial score (nSPS) is 10.4. The number of carbonyl (C=O) groups is 1. The Kier molecular flexibility index (Phi) is 3.60. The van der Waals surface area contributed by atoms with Gasteiger partial charge in [-0.25, -0.2) is 9.18 Å².